The molecule has 2 N–H and O–H groups in total. The molecule has 1 aromatic rings. The molecule has 2 rings (SSSR count). The number of hydrogen-bond acceptors (Lipinski definition) is 2. The number of likely N-dealkylation sites (tertiary alicyclic amines) is 1. The number of halogens is 2. The molecule has 0 unspecified atom stereocenters. The molecule has 1 amide bonds. The number of carbonyl (C=O) groups excluding carboxylic acids is 1. The van der Waals surface area contributed by atoms with Gasteiger partial charge in [0.25, 0.3) is 0 Å². The first-order valence-corrected chi connectivity index (χ1v) is 9.09. The van der Waals surface area contributed by atoms with Crippen molar-refractivity contribution in [2.24, 2.45) is 4.99 Å². The van der Waals surface area contributed by atoms with Gasteiger partial charge in [-0.15, -0.1) is 0 Å². The van der Waals surface area contributed by atoms with E-state index in [2.05, 4.69) is 15.6 Å². The van der Waals surface area contributed by atoms with Crippen molar-refractivity contribution in [2.75, 3.05) is 26.2 Å². The van der Waals surface area contributed by atoms with Crippen LogP contribution in [0.4, 0.5) is 0 Å². The molecule has 5 nitrogen and oxygen atoms in total. The van der Waals surface area contributed by atoms with E-state index in [1.807, 2.05) is 17.9 Å². The zero-order chi connectivity index (χ0) is 17.4. The van der Waals surface area contributed by atoms with Gasteiger partial charge >= 0.3 is 0 Å². The van der Waals surface area contributed by atoms with Gasteiger partial charge in [0, 0.05) is 42.6 Å². The smallest absolute Gasteiger partial charge is 0.224 e. The van der Waals surface area contributed by atoms with Crippen molar-refractivity contribution in [1.82, 2.24) is 15.5 Å². The van der Waals surface area contributed by atoms with Crippen LogP contribution in [0.1, 0.15) is 31.7 Å². The largest absolute Gasteiger partial charge is 0.357 e. The summed E-state index contributed by atoms with van der Waals surface area (Å²) >= 11 is 12.1. The molecular weight excluding hydrogens is 347 g/mol. The lowest BCUT2D eigenvalue weighted by molar-refractivity contribution is -0.129. The van der Waals surface area contributed by atoms with Gasteiger partial charge in [0.1, 0.15) is 0 Å². The number of hydrogen-bond donors (Lipinski definition) is 2. The molecule has 0 bridgehead atoms. The Morgan fingerprint density at radius 2 is 2.00 bits per heavy atom. The second-order valence-electron chi connectivity index (χ2n) is 5.70. The van der Waals surface area contributed by atoms with Crippen molar-refractivity contribution in [3.8, 4) is 0 Å². The van der Waals surface area contributed by atoms with Crippen LogP contribution in [0.15, 0.2) is 23.2 Å². The molecule has 1 fully saturated rings. The number of guanidine groups is 1. The molecule has 0 saturated carbocycles. The maximum atomic E-state index is 12.0. The Bertz CT molecular complexity index is 586. The molecule has 1 saturated heterocycles. The summed E-state index contributed by atoms with van der Waals surface area (Å²) in [6.07, 6.45) is 2.71. The van der Waals surface area contributed by atoms with Crippen molar-refractivity contribution in [3.05, 3.63) is 33.8 Å². The monoisotopic (exact) mass is 370 g/mol. The van der Waals surface area contributed by atoms with Gasteiger partial charge in [-0.25, -0.2) is 4.99 Å². The van der Waals surface area contributed by atoms with Crippen LogP contribution in [0.5, 0.6) is 0 Å². The fourth-order valence-corrected chi connectivity index (χ4v) is 3.04. The van der Waals surface area contributed by atoms with Crippen LogP contribution >= 0.6 is 23.2 Å². The van der Waals surface area contributed by atoms with E-state index in [-0.39, 0.29) is 5.91 Å². The summed E-state index contributed by atoms with van der Waals surface area (Å²) in [7, 11) is 0. The predicted octanol–water partition coefficient (Wildman–Crippen LogP) is 3.06. The SMILES string of the molecule is CCNC(=NCc1ccc(Cl)cc1Cl)NCCC(=O)N1CCCC1. The van der Waals surface area contributed by atoms with Gasteiger partial charge in [-0.2, -0.15) is 0 Å². The van der Waals surface area contributed by atoms with Crippen LogP contribution in [-0.4, -0.2) is 42.9 Å². The van der Waals surface area contributed by atoms with Gasteiger partial charge in [0.05, 0.1) is 6.54 Å². The summed E-state index contributed by atoms with van der Waals surface area (Å²) in [5.41, 5.74) is 0.909. The summed E-state index contributed by atoms with van der Waals surface area (Å²) in [5, 5.41) is 7.58. The fraction of sp³-hybridized carbons (Fsp3) is 0.529. The van der Waals surface area contributed by atoms with Crippen molar-refractivity contribution in [2.45, 2.75) is 32.7 Å². The highest BCUT2D eigenvalue weighted by molar-refractivity contribution is 6.35. The summed E-state index contributed by atoms with van der Waals surface area (Å²) in [6, 6.07) is 5.38. The minimum Gasteiger partial charge on any atom is -0.357 e. The highest BCUT2D eigenvalue weighted by Gasteiger charge is 2.17. The quantitative estimate of drug-likeness (QED) is 0.597. The van der Waals surface area contributed by atoms with Crippen LogP contribution in [0.3, 0.4) is 0 Å². The highest BCUT2D eigenvalue weighted by Crippen LogP contribution is 2.21. The number of amides is 1. The number of nitrogens with one attached hydrogen (secondary N) is 2. The molecule has 0 radical (unpaired) electrons. The van der Waals surface area contributed by atoms with E-state index in [0.717, 1.165) is 38.0 Å². The number of rotatable bonds is 6. The van der Waals surface area contributed by atoms with Crippen molar-refractivity contribution < 1.29 is 4.79 Å². The molecule has 1 heterocycles. The molecule has 0 atom stereocenters. The minimum atomic E-state index is 0.205. The summed E-state index contributed by atoms with van der Waals surface area (Å²) in [6.45, 7) is 5.55. The molecule has 1 aromatic carbocycles. The summed E-state index contributed by atoms with van der Waals surface area (Å²) in [5.74, 6) is 0.884. The molecule has 132 valence electrons. The molecule has 0 spiro atoms. The predicted molar refractivity (Wildman–Crippen MR) is 99.7 cm³/mol. The first kappa shape index (κ1) is 18.9. The molecule has 0 aromatic heterocycles. The second kappa shape index (κ2) is 9.74. The van der Waals surface area contributed by atoms with E-state index >= 15 is 0 Å². The maximum Gasteiger partial charge on any atom is 0.224 e. The first-order valence-electron chi connectivity index (χ1n) is 8.34. The van der Waals surface area contributed by atoms with Gasteiger partial charge in [-0.1, -0.05) is 29.3 Å². The highest BCUT2D eigenvalue weighted by atomic mass is 35.5. The maximum absolute atomic E-state index is 12.0. The van der Waals surface area contributed by atoms with E-state index in [1.54, 1.807) is 12.1 Å². The third-order valence-electron chi connectivity index (χ3n) is 3.86. The Morgan fingerprint density at radius 3 is 2.67 bits per heavy atom. The Labute approximate surface area is 153 Å². The first-order chi connectivity index (χ1) is 11.6. The van der Waals surface area contributed by atoms with Gasteiger partial charge in [0.2, 0.25) is 5.91 Å². The average molecular weight is 371 g/mol. The van der Waals surface area contributed by atoms with Crippen molar-refractivity contribution in [1.29, 1.82) is 0 Å². The van der Waals surface area contributed by atoms with Crippen molar-refractivity contribution >= 4 is 35.1 Å². The van der Waals surface area contributed by atoms with Crippen LogP contribution < -0.4 is 10.6 Å². The van der Waals surface area contributed by atoms with Gasteiger partial charge in [0.15, 0.2) is 5.96 Å². The van der Waals surface area contributed by atoms with Crippen LogP contribution in [0.2, 0.25) is 10.0 Å². The average Bonchev–Trinajstić information content (AvgIpc) is 3.08. The third kappa shape index (κ3) is 5.87. The Hall–Kier alpha value is -1.46. The van der Waals surface area contributed by atoms with E-state index in [1.165, 1.54) is 0 Å². The Morgan fingerprint density at radius 1 is 1.25 bits per heavy atom. The van der Waals surface area contributed by atoms with Crippen LogP contribution in [-0.2, 0) is 11.3 Å². The van der Waals surface area contributed by atoms with Gasteiger partial charge < -0.3 is 15.5 Å². The lowest BCUT2D eigenvalue weighted by atomic mass is 10.2. The summed E-state index contributed by atoms with van der Waals surface area (Å²) < 4.78 is 0. The zero-order valence-electron chi connectivity index (χ0n) is 13.9. The lowest BCUT2D eigenvalue weighted by Gasteiger charge is -2.16. The van der Waals surface area contributed by atoms with E-state index in [9.17, 15) is 4.79 Å². The second-order valence-corrected chi connectivity index (χ2v) is 6.54. The van der Waals surface area contributed by atoms with Crippen molar-refractivity contribution in [3.63, 3.8) is 0 Å². The number of benzene rings is 1. The van der Waals surface area contributed by atoms with E-state index in [0.29, 0.717) is 35.5 Å². The molecule has 24 heavy (non-hydrogen) atoms. The number of nitrogens with zero attached hydrogens (tertiary/aromatic N) is 2. The fourth-order valence-electron chi connectivity index (χ4n) is 2.57. The van der Waals surface area contributed by atoms with E-state index < -0.39 is 0 Å². The topological polar surface area (TPSA) is 56.7 Å². The van der Waals surface area contributed by atoms with Crippen LogP contribution in [0, 0.1) is 0 Å². The Kier molecular flexibility index (Phi) is 7.66. The zero-order valence-corrected chi connectivity index (χ0v) is 15.5. The third-order valence-corrected chi connectivity index (χ3v) is 4.44. The lowest BCUT2D eigenvalue weighted by Crippen LogP contribution is -2.39. The standard InChI is InChI=1S/C17H24Cl2N4O/c1-2-20-17(21-8-7-16(24)23-9-3-4-10-23)22-12-13-5-6-14(18)11-15(13)19/h5-6,11H,2-4,7-10,12H2,1H3,(H2,20,21,22). The van der Waals surface area contributed by atoms with Crippen LogP contribution in [0.25, 0.3) is 0 Å². The molecule has 1 aliphatic heterocycles. The van der Waals surface area contributed by atoms with Gasteiger partial charge in [-0.3, -0.25) is 4.79 Å². The molecular formula is C17H24Cl2N4O. The molecule has 1 aliphatic rings. The minimum absolute atomic E-state index is 0.205. The number of aliphatic imine (C=N–C) groups is 1. The molecule has 0 aliphatic carbocycles. The number of carbonyl (C=O) groups is 1. The Balaban J connectivity index is 1.84. The normalized spacial score (nSPS) is 14.8. The summed E-state index contributed by atoms with van der Waals surface area (Å²) in [4.78, 5) is 18.5. The van der Waals surface area contributed by atoms with Gasteiger partial charge in [-0.05, 0) is 37.5 Å². The van der Waals surface area contributed by atoms with E-state index in [4.69, 9.17) is 23.2 Å². The molecule has 7 heteroatoms.